The van der Waals surface area contributed by atoms with E-state index >= 15 is 0 Å². The van der Waals surface area contributed by atoms with Gasteiger partial charge in [0.1, 0.15) is 0 Å². The Morgan fingerprint density at radius 3 is 2.60 bits per heavy atom. The Morgan fingerprint density at radius 1 is 1.10 bits per heavy atom. The maximum Gasteiger partial charge on any atom is 0.419 e. The van der Waals surface area contributed by atoms with Crippen molar-refractivity contribution in [2.45, 2.75) is 46.2 Å². The number of rotatable bonds is 10. The van der Waals surface area contributed by atoms with Gasteiger partial charge in [-0.05, 0) is 57.0 Å². The summed E-state index contributed by atoms with van der Waals surface area (Å²) >= 11 is 0. The van der Waals surface area contributed by atoms with Gasteiger partial charge in [-0.25, -0.2) is 4.79 Å². The number of fused-ring (bicyclic) bond motifs is 1. The first-order valence-electron chi connectivity index (χ1n) is 10.3. The van der Waals surface area contributed by atoms with Crippen molar-refractivity contribution in [3.63, 3.8) is 0 Å². The lowest BCUT2D eigenvalue weighted by Gasteiger charge is -2.17. The number of ether oxygens (including phenoxy) is 2. The molecule has 0 radical (unpaired) electrons. The molecule has 7 heteroatoms. The summed E-state index contributed by atoms with van der Waals surface area (Å²) in [5.41, 5.74) is 2.24. The highest BCUT2D eigenvalue weighted by Gasteiger charge is 2.14. The van der Waals surface area contributed by atoms with Crippen molar-refractivity contribution in [2.24, 2.45) is 0 Å². The normalized spacial score (nSPS) is 12.0. The standard InChI is InChI=1S/C23H28N2O5/c1-4-28-20-13-12-17(15-21(20)29-5-2)16(3)24-22(26)11-8-14-25-18-9-6-7-10-19(18)30-23(25)27/h6-7,9-10,12-13,15-16H,4-5,8,11,14H2,1-3H3,(H,24,26). The summed E-state index contributed by atoms with van der Waals surface area (Å²) < 4.78 is 18.0. The second-order valence-corrected chi connectivity index (χ2v) is 6.95. The number of carbonyl (C=O) groups is 1. The first kappa shape index (κ1) is 21.5. The van der Waals surface area contributed by atoms with Gasteiger partial charge in [-0.1, -0.05) is 18.2 Å². The summed E-state index contributed by atoms with van der Waals surface area (Å²) in [5, 5.41) is 3.00. The number of aryl methyl sites for hydroxylation is 1. The summed E-state index contributed by atoms with van der Waals surface area (Å²) in [6, 6.07) is 12.8. The van der Waals surface area contributed by atoms with Crippen LogP contribution in [0.3, 0.4) is 0 Å². The van der Waals surface area contributed by atoms with E-state index in [0.29, 0.717) is 49.7 Å². The van der Waals surface area contributed by atoms with Crippen molar-refractivity contribution < 1.29 is 18.7 Å². The average molecular weight is 412 g/mol. The highest BCUT2D eigenvalue weighted by atomic mass is 16.5. The Morgan fingerprint density at radius 2 is 1.83 bits per heavy atom. The molecule has 1 unspecified atom stereocenters. The molecule has 0 aliphatic carbocycles. The van der Waals surface area contributed by atoms with Crippen molar-refractivity contribution in [1.82, 2.24) is 9.88 Å². The molecule has 1 heterocycles. The van der Waals surface area contributed by atoms with Crippen LogP contribution >= 0.6 is 0 Å². The Hall–Kier alpha value is -3.22. The van der Waals surface area contributed by atoms with E-state index < -0.39 is 5.76 Å². The van der Waals surface area contributed by atoms with Crippen molar-refractivity contribution in [1.29, 1.82) is 0 Å². The minimum Gasteiger partial charge on any atom is -0.490 e. The number of aromatic nitrogens is 1. The molecule has 1 N–H and O–H groups in total. The molecule has 3 rings (SSSR count). The number of nitrogens with zero attached hydrogens (tertiary/aromatic N) is 1. The SMILES string of the molecule is CCOc1ccc(C(C)NC(=O)CCCn2c(=O)oc3ccccc32)cc1OCC. The Bertz CT molecular complexity index is 1050. The van der Waals surface area contributed by atoms with Crippen LogP contribution in [0.4, 0.5) is 0 Å². The molecule has 0 aliphatic rings. The number of carbonyl (C=O) groups excluding carboxylic acids is 1. The molecule has 30 heavy (non-hydrogen) atoms. The number of hydrogen-bond donors (Lipinski definition) is 1. The Kier molecular flexibility index (Phi) is 7.17. The van der Waals surface area contributed by atoms with Crippen LogP contribution in [0.5, 0.6) is 11.5 Å². The maximum absolute atomic E-state index is 12.4. The molecule has 0 spiro atoms. The summed E-state index contributed by atoms with van der Waals surface area (Å²) in [4.78, 5) is 24.4. The number of oxazole rings is 1. The van der Waals surface area contributed by atoms with Crippen LogP contribution in [0.2, 0.25) is 0 Å². The van der Waals surface area contributed by atoms with Crippen LogP contribution in [0.1, 0.15) is 45.2 Å². The monoisotopic (exact) mass is 412 g/mol. The fourth-order valence-corrected chi connectivity index (χ4v) is 3.36. The van der Waals surface area contributed by atoms with E-state index in [0.717, 1.165) is 11.1 Å². The maximum atomic E-state index is 12.4. The lowest BCUT2D eigenvalue weighted by Crippen LogP contribution is -2.27. The zero-order chi connectivity index (χ0) is 21.5. The van der Waals surface area contributed by atoms with E-state index in [1.54, 1.807) is 10.6 Å². The largest absolute Gasteiger partial charge is 0.490 e. The third-order valence-corrected chi connectivity index (χ3v) is 4.80. The van der Waals surface area contributed by atoms with Gasteiger partial charge in [0.15, 0.2) is 17.1 Å². The third-order valence-electron chi connectivity index (χ3n) is 4.80. The smallest absolute Gasteiger partial charge is 0.419 e. The van der Waals surface area contributed by atoms with Crippen LogP contribution in [-0.2, 0) is 11.3 Å². The number of benzene rings is 2. The van der Waals surface area contributed by atoms with Gasteiger partial charge in [0.2, 0.25) is 5.91 Å². The molecule has 0 saturated carbocycles. The molecule has 3 aromatic rings. The summed E-state index contributed by atoms with van der Waals surface area (Å²) in [6.07, 6.45) is 0.848. The second-order valence-electron chi connectivity index (χ2n) is 6.95. The van der Waals surface area contributed by atoms with Crippen molar-refractivity contribution in [3.8, 4) is 11.5 Å². The second kappa shape index (κ2) is 10.0. The predicted octanol–water partition coefficient (Wildman–Crippen LogP) is 4.05. The van der Waals surface area contributed by atoms with E-state index in [1.807, 2.05) is 57.2 Å². The third kappa shape index (κ3) is 5.03. The molecule has 160 valence electrons. The van der Waals surface area contributed by atoms with Crippen LogP contribution in [-0.4, -0.2) is 23.7 Å². The lowest BCUT2D eigenvalue weighted by atomic mass is 10.1. The Balaban J connectivity index is 1.57. The van der Waals surface area contributed by atoms with E-state index in [-0.39, 0.29) is 11.9 Å². The van der Waals surface area contributed by atoms with Crippen molar-refractivity contribution in [3.05, 3.63) is 58.6 Å². The van der Waals surface area contributed by atoms with E-state index in [4.69, 9.17) is 13.9 Å². The van der Waals surface area contributed by atoms with Crippen LogP contribution in [0.25, 0.3) is 11.1 Å². The molecule has 0 aliphatic heterocycles. The molecular weight excluding hydrogens is 384 g/mol. The highest BCUT2D eigenvalue weighted by Crippen LogP contribution is 2.30. The van der Waals surface area contributed by atoms with Crippen LogP contribution in [0.15, 0.2) is 51.7 Å². The molecule has 1 aromatic heterocycles. The van der Waals surface area contributed by atoms with Gasteiger partial charge < -0.3 is 19.2 Å². The summed E-state index contributed by atoms with van der Waals surface area (Å²) in [7, 11) is 0. The molecule has 2 aromatic carbocycles. The molecular formula is C23H28N2O5. The van der Waals surface area contributed by atoms with Gasteiger partial charge in [-0.15, -0.1) is 0 Å². The van der Waals surface area contributed by atoms with Gasteiger partial charge >= 0.3 is 5.76 Å². The van der Waals surface area contributed by atoms with Crippen LogP contribution < -0.4 is 20.5 Å². The lowest BCUT2D eigenvalue weighted by molar-refractivity contribution is -0.121. The van der Waals surface area contributed by atoms with Crippen molar-refractivity contribution >= 4 is 17.0 Å². The summed E-state index contributed by atoms with van der Waals surface area (Å²) in [5.74, 6) is 0.890. The minimum absolute atomic E-state index is 0.0739. The number of nitrogens with one attached hydrogen (secondary N) is 1. The Labute approximate surface area is 175 Å². The van der Waals surface area contributed by atoms with Crippen LogP contribution in [0, 0.1) is 0 Å². The van der Waals surface area contributed by atoms with E-state index in [2.05, 4.69) is 5.32 Å². The molecule has 1 amide bonds. The van der Waals surface area contributed by atoms with Gasteiger partial charge in [0.25, 0.3) is 0 Å². The molecule has 7 nitrogen and oxygen atoms in total. The average Bonchev–Trinajstić information content (AvgIpc) is 3.05. The molecule has 0 fully saturated rings. The van der Waals surface area contributed by atoms with Gasteiger partial charge in [-0.3, -0.25) is 9.36 Å². The zero-order valence-corrected chi connectivity index (χ0v) is 17.6. The van der Waals surface area contributed by atoms with Crippen molar-refractivity contribution in [2.75, 3.05) is 13.2 Å². The minimum atomic E-state index is -0.400. The molecule has 1 atom stereocenters. The van der Waals surface area contributed by atoms with Gasteiger partial charge in [-0.2, -0.15) is 0 Å². The number of hydrogen-bond acceptors (Lipinski definition) is 5. The van der Waals surface area contributed by atoms with Gasteiger partial charge in [0, 0.05) is 13.0 Å². The fourth-order valence-electron chi connectivity index (χ4n) is 3.36. The summed E-state index contributed by atoms with van der Waals surface area (Å²) in [6.45, 7) is 7.29. The first-order chi connectivity index (χ1) is 14.5. The van der Waals surface area contributed by atoms with Gasteiger partial charge in [0.05, 0.1) is 24.8 Å². The topological polar surface area (TPSA) is 82.7 Å². The number of amides is 1. The number of para-hydroxylation sites is 2. The predicted molar refractivity (Wildman–Crippen MR) is 115 cm³/mol. The quantitative estimate of drug-likeness (QED) is 0.543. The molecule has 0 saturated heterocycles. The fraction of sp³-hybridized carbons (Fsp3) is 0.391. The van der Waals surface area contributed by atoms with E-state index in [9.17, 15) is 9.59 Å². The first-order valence-corrected chi connectivity index (χ1v) is 10.3. The van der Waals surface area contributed by atoms with E-state index in [1.165, 1.54) is 0 Å². The highest BCUT2D eigenvalue weighted by molar-refractivity contribution is 5.76. The zero-order valence-electron chi connectivity index (χ0n) is 17.6. The molecule has 0 bridgehead atoms.